The molecule has 1 aliphatic carbocycles. The zero-order valence-electron chi connectivity index (χ0n) is 12.9. The van der Waals surface area contributed by atoms with Crippen molar-refractivity contribution in [1.29, 1.82) is 0 Å². The number of carbonyl (C=O) groups is 1. The standard InChI is InChI=1S/C17H17N3O3S/c21-14(11-5-6-24-9-11)8-18-17(22)19-12-3-4-15-13(7-12)20-16(23-15)10-1-2-10/h3-7,9-10,14,21H,1-2,8H2,(H2,18,19,22). The fourth-order valence-electron chi connectivity index (χ4n) is 2.48. The van der Waals surface area contributed by atoms with E-state index in [1.54, 1.807) is 12.1 Å². The number of urea groups is 1. The molecule has 3 aromatic rings. The average Bonchev–Trinajstić information content (AvgIpc) is 3.11. The summed E-state index contributed by atoms with van der Waals surface area (Å²) in [5.74, 6) is 1.24. The number of rotatable bonds is 5. The molecule has 3 N–H and O–H groups in total. The Balaban J connectivity index is 1.37. The summed E-state index contributed by atoms with van der Waals surface area (Å²) in [5, 5.41) is 19.1. The molecule has 2 amide bonds. The van der Waals surface area contributed by atoms with E-state index >= 15 is 0 Å². The Kier molecular flexibility index (Phi) is 3.95. The summed E-state index contributed by atoms with van der Waals surface area (Å²) >= 11 is 1.51. The number of nitrogens with one attached hydrogen (secondary N) is 2. The first-order valence-corrected chi connectivity index (χ1v) is 8.79. The van der Waals surface area contributed by atoms with Gasteiger partial charge in [-0.15, -0.1) is 0 Å². The molecule has 0 spiro atoms. The first kappa shape index (κ1) is 15.2. The average molecular weight is 343 g/mol. The van der Waals surface area contributed by atoms with E-state index in [4.69, 9.17) is 4.42 Å². The van der Waals surface area contributed by atoms with Gasteiger partial charge in [0.2, 0.25) is 0 Å². The Bertz CT molecular complexity index is 855. The lowest BCUT2D eigenvalue weighted by molar-refractivity contribution is 0.175. The van der Waals surface area contributed by atoms with Crippen molar-refractivity contribution in [3.63, 3.8) is 0 Å². The van der Waals surface area contributed by atoms with E-state index in [0.717, 1.165) is 35.4 Å². The Morgan fingerprint density at radius 1 is 1.42 bits per heavy atom. The van der Waals surface area contributed by atoms with Crippen LogP contribution in [0.5, 0.6) is 0 Å². The molecule has 7 heteroatoms. The van der Waals surface area contributed by atoms with Crippen LogP contribution in [0.25, 0.3) is 11.1 Å². The lowest BCUT2D eigenvalue weighted by Gasteiger charge is -2.11. The zero-order chi connectivity index (χ0) is 16.5. The maximum atomic E-state index is 12.0. The largest absolute Gasteiger partial charge is 0.440 e. The number of benzene rings is 1. The van der Waals surface area contributed by atoms with Gasteiger partial charge in [0.1, 0.15) is 5.52 Å². The van der Waals surface area contributed by atoms with Gasteiger partial charge in [0.25, 0.3) is 0 Å². The number of hydrogen-bond donors (Lipinski definition) is 3. The predicted octanol–water partition coefficient (Wildman–Crippen LogP) is 3.62. The van der Waals surface area contributed by atoms with Crippen molar-refractivity contribution in [3.8, 4) is 0 Å². The van der Waals surface area contributed by atoms with Crippen molar-refractivity contribution < 1.29 is 14.3 Å². The van der Waals surface area contributed by atoms with Crippen LogP contribution in [0.3, 0.4) is 0 Å². The molecule has 0 radical (unpaired) electrons. The SMILES string of the molecule is O=C(NCC(O)c1ccsc1)Nc1ccc2oc(C3CC3)nc2c1. The second-order valence-electron chi connectivity index (χ2n) is 5.92. The molecular formula is C17H17N3O3S. The summed E-state index contributed by atoms with van der Waals surface area (Å²) in [7, 11) is 0. The normalized spacial score (nSPS) is 15.4. The van der Waals surface area contributed by atoms with Crippen LogP contribution in [-0.2, 0) is 0 Å². The van der Waals surface area contributed by atoms with E-state index in [2.05, 4.69) is 15.6 Å². The quantitative estimate of drug-likeness (QED) is 0.660. The van der Waals surface area contributed by atoms with Gasteiger partial charge in [0.15, 0.2) is 11.5 Å². The van der Waals surface area contributed by atoms with Gasteiger partial charge >= 0.3 is 6.03 Å². The summed E-state index contributed by atoms with van der Waals surface area (Å²) < 4.78 is 5.70. The molecule has 1 atom stereocenters. The predicted molar refractivity (Wildman–Crippen MR) is 92.3 cm³/mol. The molecule has 4 rings (SSSR count). The van der Waals surface area contributed by atoms with Crippen molar-refractivity contribution in [2.24, 2.45) is 0 Å². The van der Waals surface area contributed by atoms with E-state index < -0.39 is 6.10 Å². The molecule has 1 aliphatic rings. The van der Waals surface area contributed by atoms with Crippen LogP contribution in [0.4, 0.5) is 10.5 Å². The highest BCUT2D eigenvalue weighted by molar-refractivity contribution is 7.07. The fourth-order valence-corrected chi connectivity index (χ4v) is 3.18. The molecule has 2 heterocycles. The molecule has 6 nitrogen and oxygen atoms in total. The molecule has 1 aromatic carbocycles. The summed E-state index contributed by atoms with van der Waals surface area (Å²) in [4.78, 5) is 16.4. The minimum atomic E-state index is -0.707. The molecule has 124 valence electrons. The Labute approximate surface area is 142 Å². The molecule has 0 aliphatic heterocycles. The molecule has 1 unspecified atom stereocenters. The Morgan fingerprint density at radius 2 is 2.29 bits per heavy atom. The maximum absolute atomic E-state index is 12.0. The van der Waals surface area contributed by atoms with Crippen LogP contribution in [0.2, 0.25) is 0 Å². The highest BCUT2D eigenvalue weighted by atomic mass is 32.1. The van der Waals surface area contributed by atoms with Crippen LogP contribution >= 0.6 is 11.3 Å². The molecule has 1 saturated carbocycles. The van der Waals surface area contributed by atoms with Gasteiger partial charge in [0, 0.05) is 18.2 Å². The monoisotopic (exact) mass is 343 g/mol. The van der Waals surface area contributed by atoms with Crippen LogP contribution in [0, 0.1) is 0 Å². The van der Waals surface area contributed by atoms with Crippen LogP contribution < -0.4 is 10.6 Å². The number of aliphatic hydroxyl groups excluding tert-OH is 1. The van der Waals surface area contributed by atoms with Crippen molar-refractivity contribution in [2.75, 3.05) is 11.9 Å². The topological polar surface area (TPSA) is 87.4 Å². The summed E-state index contributed by atoms with van der Waals surface area (Å²) in [6.07, 6.45) is 1.56. The van der Waals surface area contributed by atoms with Gasteiger partial charge in [-0.1, -0.05) is 0 Å². The van der Waals surface area contributed by atoms with Crippen LogP contribution in [0.15, 0.2) is 39.4 Å². The summed E-state index contributed by atoms with van der Waals surface area (Å²) in [5.41, 5.74) is 2.92. The second kappa shape index (κ2) is 6.26. The highest BCUT2D eigenvalue weighted by Gasteiger charge is 2.28. The number of nitrogens with zero attached hydrogens (tertiary/aromatic N) is 1. The van der Waals surface area contributed by atoms with E-state index in [9.17, 15) is 9.90 Å². The summed E-state index contributed by atoms with van der Waals surface area (Å²) in [6.45, 7) is 0.153. The number of oxazole rings is 1. The van der Waals surface area contributed by atoms with Gasteiger partial charge in [-0.3, -0.25) is 0 Å². The first-order chi connectivity index (χ1) is 11.7. The number of aromatic nitrogens is 1. The molecule has 1 fully saturated rings. The third kappa shape index (κ3) is 3.27. The molecular weight excluding hydrogens is 326 g/mol. The third-order valence-electron chi connectivity index (χ3n) is 3.97. The molecule has 24 heavy (non-hydrogen) atoms. The van der Waals surface area contributed by atoms with E-state index in [1.165, 1.54) is 11.3 Å². The third-order valence-corrected chi connectivity index (χ3v) is 4.67. The van der Waals surface area contributed by atoms with E-state index in [0.29, 0.717) is 11.6 Å². The number of aliphatic hydroxyl groups is 1. The number of fused-ring (bicyclic) bond motifs is 1. The lowest BCUT2D eigenvalue weighted by Crippen LogP contribution is -2.32. The maximum Gasteiger partial charge on any atom is 0.319 e. The van der Waals surface area contributed by atoms with Crippen molar-refractivity contribution in [3.05, 3.63) is 46.5 Å². The zero-order valence-corrected chi connectivity index (χ0v) is 13.7. The smallest absolute Gasteiger partial charge is 0.319 e. The Hall–Kier alpha value is -2.38. The molecule has 0 bridgehead atoms. The minimum Gasteiger partial charge on any atom is -0.440 e. The van der Waals surface area contributed by atoms with E-state index in [1.807, 2.05) is 22.9 Å². The van der Waals surface area contributed by atoms with Crippen LogP contribution in [-0.4, -0.2) is 22.7 Å². The van der Waals surface area contributed by atoms with Gasteiger partial charge in [-0.05, 0) is 53.4 Å². The summed E-state index contributed by atoms with van der Waals surface area (Å²) in [6, 6.07) is 6.85. The van der Waals surface area contributed by atoms with Gasteiger partial charge in [-0.25, -0.2) is 9.78 Å². The highest BCUT2D eigenvalue weighted by Crippen LogP contribution is 2.40. The minimum absolute atomic E-state index is 0.153. The second-order valence-corrected chi connectivity index (χ2v) is 6.70. The van der Waals surface area contributed by atoms with Crippen molar-refractivity contribution >= 4 is 34.2 Å². The lowest BCUT2D eigenvalue weighted by atomic mass is 10.2. The van der Waals surface area contributed by atoms with Crippen molar-refractivity contribution in [1.82, 2.24) is 10.3 Å². The van der Waals surface area contributed by atoms with Gasteiger partial charge in [0.05, 0.1) is 6.10 Å². The van der Waals surface area contributed by atoms with Gasteiger partial charge < -0.3 is 20.2 Å². The number of hydrogen-bond acceptors (Lipinski definition) is 5. The van der Waals surface area contributed by atoms with Crippen molar-refractivity contribution in [2.45, 2.75) is 24.9 Å². The van der Waals surface area contributed by atoms with Gasteiger partial charge in [-0.2, -0.15) is 11.3 Å². The first-order valence-electron chi connectivity index (χ1n) is 7.84. The van der Waals surface area contributed by atoms with Crippen LogP contribution in [0.1, 0.15) is 36.3 Å². The van der Waals surface area contributed by atoms with E-state index in [-0.39, 0.29) is 12.6 Å². The number of carbonyl (C=O) groups excluding carboxylic acids is 1. The fraction of sp³-hybridized carbons (Fsp3) is 0.294. The number of amides is 2. The number of thiophene rings is 1. The molecule has 0 saturated heterocycles. The Morgan fingerprint density at radius 3 is 3.04 bits per heavy atom. The molecule has 2 aromatic heterocycles. The number of anilines is 1.